The average Bonchev–Trinajstić information content (AvgIpc) is 4.05. The molecule has 1 aromatic heterocycles. The highest BCUT2D eigenvalue weighted by molar-refractivity contribution is 6.01. The summed E-state index contributed by atoms with van der Waals surface area (Å²) >= 11 is 0. The zero-order valence-corrected chi connectivity index (χ0v) is 41.2. The van der Waals surface area contributed by atoms with Gasteiger partial charge in [-0.15, -0.1) is 0 Å². The smallest absolute Gasteiger partial charge is 0.471 e. The maximum atomic E-state index is 15.4. The van der Waals surface area contributed by atoms with Crippen molar-refractivity contribution in [1.29, 1.82) is 0 Å². The van der Waals surface area contributed by atoms with Gasteiger partial charge in [0, 0.05) is 70.7 Å². The minimum atomic E-state index is -5.27. The van der Waals surface area contributed by atoms with E-state index in [1.165, 1.54) is 47.0 Å². The van der Waals surface area contributed by atoms with E-state index >= 15 is 4.39 Å². The lowest BCUT2D eigenvalue weighted by Crippen LogP contribution is -2.44. The van der Waals surface area contributed by atoms with Crippen LogP contribution in [0.15, 0.2) is 134 Å². The van der Waals surface area contributed by atoms with E-state index in [2.05, 4.69) is 10.6 Å². The van der Waals surface area contributed by atoms with Crippen LogP contribution in [0.2, 0.25) is 0 Å². The maximum Gasteiger partial charge on any atom is 0.471 e. The van der Waals surface area contributed by atoms with Crippen LogP contribution in [-0.4, -0.2) is 71.2 Å². The molecular formula is C57H44F7N6O9+. The summed E-state index contributed by atoms with van der Waals surface area (Å²) in [5.74, 6) is -6.76. The number of hydrogen-bond donors (Lipinski definition) is 5. The molecule has 1 unspecified atom stereocenters. The van der Waals surface area contributed by atoms with E-state index in [1.54, 1.807) is 47.2 Å². The molecule has 0 saturated heterocycles. The first-order chi connectivity index (χ1) is 37.7. The SMILES string of the molecule is O=C(NCCCCCCOc1ccc(CC2Nc3c(Cc4ccccc4)nc(-c4ccc(O)cc4)c[n+]3C2=O)cc1F)c1ccc2c(c1)C1(OC2=O)c2ccc(NC(=O)C(F)(F)F)cc2Oc2cc(NC(=O)C(F)(F)F)ccc21. The molecule has 4 heterocycles. The normalized spacial score (nSPS) is 14.7. The van der Waals surface area contributed by atoms with Crippen molar-refractivity contribution < 1.29 is 78.6 Å². The fraction of sp³-hybridized carbons (Fsp3) is 0.211. The van der Waals surface area contributed by atoms with Crippen LogP contribution in [0.5, 0.6) is 23.0 Å². The highest BCUT2D eigenvalue weighted by atomic mass is 19.4. The Bertz CT molecular complexity index is 3500. The van der Waals surface area contributed by atoms with Crippen molar-refractivity contribution in [3.8, 4) is 34.3 Å². The summed E-state index contributed by atoms with van der Waals surface area (Å²) in [6.45, 7) is 0.415. The first kappa shape index (κ1) is 53.1. The molecule has 79 heavy (non-hydrogen) atoms. The summed E-state index contributed by atoms with van der Waals surface area (Å²) in [5.41, 5.74) is 0.864. The number of amides is 3. The number of nitrogens with one attached hydrogen (secondary N) is 4. The number of alkyl halides is 6. The minimum absolute atomic E-state index is 0.0190. The molecule has 0 radical (unpaired) electrons. The van der Waals surface area contributed by atoms with Gasteiger partial charge in [0.05, 0.1) is 12.2 Å². The number of rotatable bonds is 16. The van der Waals surface area contributed by atoms with Crippen LogP contribution in [-0.2, 0) is 32.8 Å². The summed E-state index contributed by atoms with van der Waals surface area (Å²) in [5, 5.41) is 19.4. The Balaban J connectivity index is 0.746. The van der Waals surface area contributed by atoms with Gasteiger partial charge in [0.25, 0.3) is 5.91 Å². The molecule has 15 nitrogen and oxygen atoms in total. The molecule has 1 spiro atoms. The highest BCUT2D eigenvalue weighted by Crippen LogP contribution is 2.57. The number of carbonyl (C=O) groups is 5. The van der Waals surface area contributed by atoms with E-state index in [4.69, 9.17) is 19.2 Å². The molecule has 6 aromatic carbocycles. The highest BCUT2D eigenvalue weighted by Gasteiger charge is 2.54. The predicted molar refractivity (Wildman–Crippen MR) is 269 cm³/mol. The first-order valence-corrected chi connectivity index (χ1v) is 24.7. The third-order valence-corrected chi connectivity index (χ3v) is 13.4. The molecule has 10 rings (SSSR count). The number of hydrogen-bond acceptors (Lipinski definition) is 11. The molecule has 5 N–H and O–H groups in total. The summed E-state index contributed by atoms with van der Waals surface area (Å²) in [4.78, 5) is 69.5. The van der Waals surface area contributed by atoms with Gasteiger partial charge in [0.2, 0.25) is 0 Å². The van der Waals surface area contributed by atoms with Crippen LogP contribution in [0.4, 0.5) is 47.9 Å². The lowest BCUT2D eigenvalue weighted by Gasteiger charge is -2.37. The van der Waals surface area contributed by atoms with Gasteiger partial charge in [-0.05, 0) is 103 Å². The zero-order valence-electron chi connectivity index (χ0n) is 41.2. The lowest BCUT2D eigenvalue weighted by atomic mass is 9.77. The molecule has 22 heteroatoms. The number of halogens is 7. The Hall–Kier alpha value is -9.34. The van der Waals surface area contributed by atoms with Crippen molar-refractivity contribution in [2.75, 3.05) is 29.1 Å². The van der Waals surface area contributed by atoms with Crippen LogP contribution in [0, 0.1) is 5.82 Å². The molecule has 7 aromatic rings. The summed E-state index contributed by atoms with van der Waals surface area (Å²) in [7, 11) is 0. The van der Waals surface area contributed by atoms with Crippen molar-refractivity contribution in [3.05, 3.63) is 184 Å². The molecule has 0 fully saturated rings. The lowest BCUT2D eigenvalue weighted by molar-refractivity contribution is -0.552. The molecule has 1 atom stereocenters. The second-order valence-corrected chi connectivity index (χ2v) is 18.8. The van der Waals surface area contributed by atoms with Crippen LogP contribution in [0.25, 0.3) is 11.3 Å². The quantitative estimate of drug-likeness (QED) is 0.0267. The zero-order chi connectivity index (χ0) is 55.8. The average molecular weight is 1090 g/mol. The molecule has 3 amide bonds. The third-order valence-electron chi connectivity index (χ3n) is 13.4. The Kier molecular flexibility index (Phi) is 14.3. The number of phenols is 1. The number of fused-ring (bicyclic) bond motifs is 7. The van der Waals surface area contributed by atoms with Crippen molar-refractivity contribution in [1.82, 2.24) is 10.3 Å². The molecule has 0 saturated carbocycles. The Morgan fingerprint density at radius 1 is 0.734 bits per heavy atom. The van der Waals surface area contributed by atoms with E-state index in [-0.39, 0.29) is 76.3 Å². The monoisotopic (exact) mass is 1090 g/mol. The molecular weight excluding hydrogens is 1050 g/mol. The second kappa shape index (κ2) is 21.2. The van der Waals surface area contributed by atoms with Crippen LogP contribution in [0.1, 0.15) is 84.7 Å². The van der Waals surface area contributed by atoms with Gasteiger partial charge in [-0.25, -0.2) is 19.0 Å². The number of carbonyl (C=O) groups excluding carboxylic acids is 5. The van der Waals surface area contributed by atoms with Crippen molar-refractivity contribution in [2.45, 2.75) is 62.5 Å². The van der Waals surface area contributed by atoms with Gasteiger partial charge >= 0.3 is 41.9 Å². The van der Waals surface area contributed by atoms with Crippen LogP contribution < -0.4 is 35.3 Å². The van der Waals surface area contributed by atoms with Crippen molar-refractivity contribution in [2.24, 2.45) is 0 Å². The van der Waals surface area contributed by atoms with Crippen molar-refractivity contribution >= 4 is 46.8 Å². The minimum Gasteiger partial charge on any atom is -0.508 e. The number of nitrogens with zero attached hydrogens (tertiary/aromatic N) is 2. The number of unbranched alkanes of at least 4 members (excludes halogenated alkanes) is 3. The summed E-state index contributed by atoms with van der Waals surface area (Å²) in [6, 6.07) is 30.8. The van der Waals surface area contributed by atoms with Gasteiger partial charge in [-0.2, -0.15) is 30.9 Å². The first-order valence-electron chi connectivity index (χ1n) is 24.7. The fourth-order valence-electron chi connectivity index (χ4n) is 9.61. The molecule has 3 aliphatic rings. The number of aromatic nitrogens is 2. The van der Waals surface area contributed by atoms with E-state index in [0.29, 0.717) is 60.4 Å². The standard InChI is InChI=1S/C57H43F7N6O9/c58-42-24-32(26-44-51(73)70-30-45(33-11-16-37(71)17-12-33)68-43(49(70)69-44)25-31-8-4-3-5-9-31)10-21-46(42)77-23-7-2-1-6-22-65-50(72)34-13-18-38-41(27-34)55(79-52(38)74)39-19-14-35(66-53(75)56(59,60)61)28-47(39)78-48-29-36(15-20-40(48)55)67-54(76)57(62,63)64/h3-5,8-21,24,27-30,44H,1-2,6-7,22-23,25-26H2,(H4,65,66,67,71,72,75,76)/p+1. The number of ether oxygens (including phenoxy) is 3. The van der Waals surface area contributed by atoms with Gasteiger partial charge in [-0.1, -0.05) is 49.2 Å². The van der Waals surface area contributed by atoms with Gasteiger partial charge in [0.15, 0.2) is 23.2 Å². The third kappa shape index (κ3) is 11.0. The molecule has 0 bridgehead atoms. The Morgan fingerprint density at radius 2 is 1.39 bits per heavy atom. The molecule has 404 valence electrons. The van der Waals surface area contributed by atoms with Gasteiger partial charge in [0.1, 0.15) is 34.8 Å². The molecule has 0 aliphatic carbocycles. The van der Waals surface area contributed by atoms with E-state index < -0.39 is 64.9 Å². The number of esters is 1. The number of benzene rings is 6. The largest absolute Gasteiger partial charge is 0.508 e. The van der Waals surface area contributed by atoms with Crippen molar-refractivity contribution in [3.63, 3.8) is 0 Å². The summed E-state index contributed by atoms with van der Waals surface area (Å²) < 4.78 is 114. The Labute approximate surface area is 444 Å². The van der Waals surface area contributed by atoms with Crippen LogP contribution >= 0.6 is 0 Å². The number of anilines is 3. The molecule has 3 aliphatic heterocycles. The topological polar surface area (TPSA) is 198 Å². The Morgan fingerprint density at radius 3 is 2.04 bits per heavy atom. The van der Waals surface area contributed by atoms with E-state index in [1.807, 2.05) is 30.3 Å². The maximum absolute atomic E-state index is 15.4. The van der Waals surface area contributed by atoms with Gasteiger partial charge in [-0.3, -0.25) is 19.7 Å². The van der Waals surface area contributed by atoms with E-state index in [0.717, 1.165) is 29.8 Å². The number of aromatic hydroxyl groups is 1. The summed E-state index contributed by atoms with van der Waals surface area (Å²) in [6.07, 6.45) is -5.88. The predicted octanol–water partition coefficient (Wildman–Crippen LogP) is 10.1. The number of phenolic OH excluding ortho intramolecular Hbond substituents is 1. The second-order valence-electron chi connectivity index (χ2n) is 18.8. The fourth-order valence-corrected chi connectivity index (χ4v) is 9.61. The van der Waals surface area contributed by atoms with Gasteiger partial charge < -0.3 is 35.3 Å². The van der Waals surface area contributed by atoms with E-state index in [9.17, 15) is 55.4 Å². The van der Waals surface area contributed by atoms with Crippen LogP contribution in [0.3, 0.4) is 0 Å².